The molecule has 2 radical (unpaired) electrons. The molecule has 0 amide bonds. The average molecular weight is 143 g/mol. The molecule has 2 nitrogen and oxygen atoms in total. The molecule has 0 saturated carbocycles. The second kappa shape index (κ2) is 6.25. The van der Waals surface area contributed by atoms with Gasteiger partial charge in [0.1, 0.15) is 0 Å². The van der Waals surface area contributed by atoms with Crippen LogP contribution in [-0.2, 0) is 4.79 Å². The van der Waals surface area contributed by atoms with Crippen molar-refractivity contribution in [3.63, 3.8) is 0 Å². The van der Waals surface area contributed by atoms with Gasteiger partial charge in [-0.15, -0.1) is 0 Å². The second-order valence-electron chi connectivity index (χ2n) is 1.73. The van der Waals surface area contributed by atoms with Gasteiger partial charge in [-0.25, -0.2) is 0 Å². The van der Waals surface area contributed by atoms with E-state index in [0.717, 1.165) is 12.6 Å². The zero-order valence-electron chi connectivity index (χ0n) is 5.61. The van der Waals surface area contributed by atoms with Gasteiger partial charge >= 0.3 is 0 Å². The van der Waals surface area contributed by atoms with E-state index in [1.54, 1.807) is 0 Å². The number of rotatable bonds is 5. The Morgan fingerprint density at radius 2 is 2.44 bits per heavy atom. The van der Waals surface area contributed by atoms with Gasteiger partial charge in [0.25, 0.3) is 0 Å². The molecule has 0 rings (SSSR count). The van der Waals surface area contributed by atoms with Crippen LogP contribution >= 0.6 is 8.58 Å². The predicted molar refractivity (Wildman–Crippen MR) is 42.2 cm³/mol. The fraction of sp³-hybridized carbons (Fsp3) is 0.800. The van der Waals surface area contributed by atoms with Crippen molar-refractivity contribution in [3.05, 3.63) is 0 Å². The van der Waals surface area contributed by atoms with Crippen LogP contribution in [0.3, 0.4) is 0 Å². The van der Waals surface area contributed by atoms with Gasteiger partial charge in [0.2, 0.25) is 0 Å². The van der Waals surface area contributed by atoms with Crippen molar-refractivity contribution < 1.29 is 4.79 Å². The minimum Gasteiger partial charge on any atom is -0.360 e. The first kappa shape index (κ1) is 9.12. The highest BCUT2D eigenvalue weighted by Gasteiger charge is 1.95. The van der Waals surface area contributed by atoms with Gasteiger partial charge in [0.15, 0.2) is 13.5 Å². The van der Waals surface area contributed by atoms with Crippen molar-refractivity contribution in [2.24, 2.45) is 0 Å². The topological polar surface area (TPSA) is 29.1 Å². The van der Waals surface area contributed by atoms with Crippen LogP contribution in [0.5, 0.6) is 0 Å². The van der Waals surface area contributed by atoms with Crippen molar-refractivity contribution in [2.45, 2.75) is 13.3 Å². The second-order valence-corrected chi connectivity index (χ2v) is 3.14. The maximum absolute atomic E-state index is 10.7. The maximum Gasteiger partial charge on any atom is 0.178 e. The Balaban J connectivity index is 3.06. The first-order valence-corrected chi connectivity index (χ1v) is 4.22. The fourth-order valence-electron chi connectivity index (χ4n) is 0.420. The lowest BCUT2D eigenvalue weighted by Gasteiger charge is -1.96. The molecule has 0 aliphatic rings. The molecule has 50 valence electrons. The summed E-state index contributed by atoms with van der Waals surface area (Å²) in [4.78, 5) is 10.7. The average Bonchev–Trinajstić information content (AvgIpc) is 1.85. The Kier molecular flexibility index (Phi) is 6.33. The summed E-state index contributed by atoms with van der Waals surface area (Å²) in [6.07, 6.45) is 2.08. The third kappa shape index (κ3) is 6.00. The van der Waals surface area contributed by atoms with E-state index in [9.17, 15) is 4.79 Å². The molecule has 9 heavy (non-hydrogen) atoms. The van der Waals surface area contributed by atoms with E-state index < -0.39 is 0 Å². The van der Waals surface area contributed by atoms with Crippen LogP contribution in [0.2, 0.25) is 0 Å². The molecule has 0 aromatic heterocycles. The van der Waals surface area contributed by atoms with Crippen molar-refractivity contribution in [3.8, 4) is 0 Å². The van der Waals surface area contributed by atoms with Gasteiger partial charge in [-0.05, 0) is 14.7 Å². The van der Waals surface area contributed by atoms with Gasteiger partial charge in [-0.3, -0.25) is 4.79 Å². The summed E-state index contributed by atoms with van der Waals surface area (Å²) < 4.78 is 0. The SMILES string of the molecule is [B]NCC(=O)PCCC. The van der Waals surface area contributed by atoms with Gasteiger partial charge in [0, 0.05) is 6.54 Å². The van der Waals surface area contributed by atoms with E-state index >= 15 is 0 Å². The molecule has 0 aliphatic carbocycles. The molecule has 0 saturated heterocycles. The Hall–Kier alpha value is 0.125. The van der Waals surface area contributed by atoms with Crippen LogP contribution in [0, 0.1) is 0 Å². The summed E-state index contributed by atoms with van der Waals surface area (Å²) in [5.74, 6) is 0. The first-order chi connectivity index (χ1) is 4.31. The molecule has 0 aromatic carbocycles. The van der Waals surface area contributed by atoms with Crippen molar-refractivity contribution in [2.75, 3.05) is 12.7 Å². The number of nitrogens with one attached hydrogen (secondary N) is 1. The van der Waals surface area contributed by atoms with Crippen molar-refractivity contribution in [1.82, 2.24) is 5.23 Å². The largest absolute Gasteiger partial charge is 0.360 e. The lowest BCUT2D eigenvalue weighted by molar-refractivity contribution is -0.110. The van der Waals surface area contributed by atoms with Gasteiger partial charge in [-0.1, -0.05) is 13.3 Å². The monoisotopic (exact) mass is 143 g/mol. The summed E-state index contributed by atoms with van der Waals surface area (Å²) in [5.41, 5.74) is 0.222. The molecule has 0 spiro atoms. The van der Waals surface area contributed by atoms with Crippen LogP contribution in [0.15, 0.2) is 0 Å². The Labute approximate surface area is 59.0 Å². The highest BCUT2D eigenvalue weighted by atomic mass is 31.1. The standard InChI is InChI=1S/C5H11BNOP/c1-2-3-9-5(8)4-7-6/h7,9H,2-4H2,1H3. The van der Waals surface area contributed by atoms with Crippen molar-refractivity contribution in [1.29, 1.82) is 0 Å². The molecule has 0 bridgehead atoms. The Morgan fingerprint density at radius 3 is 2.89 bits per heavy atom. The quantitative estimate of drug-likeness (QED) is 0.442. The Morgan fingerprint density at radius 1 is 1.78 bits per heavy atom. The highest BCUT2D eigenvalue weighted by molar-refractivity contribution is 7.57. The summed E-state index contributed by atoms with van der Waals surface area (Å²) in [6.45, 7) is 2.38. The van der Waals surface area contributed by atoms with Gasteiger partial charge in [0.05, 0.1) is 0 Å². The predicted octanol–water partition coefficient (Wildman–Crippen LogP) is 0.275. The van der Waals surface area contributed by atoms with Crippen LogP contribution in [0.4, 0.5) is 0 Å². The molecule has 1 atom stereocenters. The summed E-state index contributed by atoms with van der Waals surface area (Å²) >= 11 is 0. The lowest BCUT2D eigenvalue weighted by atomic mass is 10.4. The summed E-state index contributed by atoms with van der Waals surface area (Å²) in [6, 6.07) is 0. The van der Waals surface area contributed by atoms with E-state index in [2.05, 4.69) is 12.2 Å². The van der Waals surface area contributed by atoms with Crippen LogP contribution in [0.25, 0.3) is 0 Å². The van der Waals surface area contributed by atoms with Crippen LogP contribution in [-0.4, -0.2) is 26.2 Å². The number of hydrogen-bond donors (Lipinski definition) is 1. The van der Waals surface area contributed by atoms with E-state index in [4.69, 9.17) is 7.98 Å². The van der Waals surface area contributed by atoms with Gasteiger partial charge in [-0.2, -0.15) is 0 Å². The van der Waals surface area contributed by atoms with E-state index in [1.807, 2.05) is 0 Å². The van der Waals surface area contributed by atoms with Gasteiger partial charge < -0.3 is 5.23 Å². The first-order valence-electron chi connectivity index (χ1n) is 3.01. The third-order valence-electron chi connectivity index (χ3n) is 0.835. The molecule has 1 N–H and O–H groups in total. The lowest BCUT2D eigenvalue weighted by Crippen LogP contribution is -2.16. The van der Waals surface area contributed by atoms with E-state index in [-0.39, 0.29) is 5.52 Å². The molecular formula is C5H11BNOP. The molecule has 0 fully saturated rings. The van der Waals surface area contributed by atoms with Crippen LogP contribution in [0.1, 0.15) is 13.3 Å². The molecule has 0 aliphatic heterocycles. The summed E-state index contributed by atoms with van der Waals surface area (Å²) in [5, 5.41) is 2.33. The summed E-state index contributed by atoms with van der Waals surface area (Å²) in [7, 11) is 5.37. The fourth-order valence-corrected chi connectivity index (χ4v) is 1.18. The molecular weight excluding hydrogens is 132 g/mol. The Bertz CT molecular complexity index is 89.0. The number of carbonyl (C=O) groups excluding carboxylic acids is 1. The van der Waals surface area contributed by atoms with Crippen LogP contribution < -0.4 is 5.23 Å². The van der Waals surface area contributed by atoms with E-state index in [1.165, 1.54) is 0 Å². The zero-order valence-corrected chi connectivity index (χ0v) is 6.61. The molecule has 4 heteroatoms. The smallest absolute Gasteiger partial charge is 0.178 e. The highest BCUT2D eigenvalue weighted by Crippen LogP contribution is 2.10. The number of hydrogen-bond acceptors (Lipinski definition) is 2. The minimum absolute atomic E-state index is 0.222. The zero-order chi connectivity index (χ0) is 7.11. The third-order valence-corrected chi connectivity index (χ3v) is 2.16. The normalized spacial score (nSPS) is 10.8. The van der Waals surface area contributed by atoms with Crippen molar-refractivity contribution >= 4 is 22.1 Å². The molecule has 1 unspecified atom stereocenters. The number of carbonyl (C=O) groups is 1. The minimum atomic E-state index is 0.222. The van der Waals surface area contributed by atoms with E-state index in [0.29, 0.717) is 15.1 Å². The molecule has 0 heterocycles. The maximum atomic E-state index is 10.7. The molecule has 0 aromatic rings.